The predicted molar refractivity (Wildman–Crippen MR) is 53.3 cm³/mol. The number of aryl methyl sites for hydroxylation is 2. The summed E-state index contributed by atoms with van der Waals surface area (Å²) < 4.78 is 2.04. The lowest BCUT2D eigenvalue weighted by atomic mass is 10.2. The van der Waals surface area contributed by atoms with Crippen LogP contribution < -0.4 is 5.73 Å². The summed E-state index contributed by atoms with van der Waals surface area (Å²) in [5, 5.41) is 1.17. The van der Waals surface area contributed by atoms with E-state index in [1.807, 2.05) is 24.7 Å². The number of rotatable bonds is 1. The van der Waals surface area contributed by atoms with Gasteiger partial charge in [-0.3, -0.25) is 0 Å². The fourth-order valence-electron chi connectivity index (χ4n) is 1.58. The van der Waals surface area contributed by atoms with Gasteiger partial charge in [-0.25, -0.2) is 4.98 Å². The van der Waals surface area contributed by atoms with Crippen LogP contribution in [-0.2, 0) is 13.6 Å². The Bertz CT molecular complexity index is 443. The van der Waals surface area contributed by atoms with Crippen molar-refractivity contribution in [1.82, 2.24) is 9.55 Å². The summed E-state index contributed by atoms with van der Waals surface area (Å²) in [5.74, 6) is 0. The van der Waals surface area contributed by atoms with Crippen LogP contribution in [0.15, 0.2) is 18.3 Å². The highest BCUT2D eigenvalue weighted by Gasteiger charge is 2.04. The number of aromatic nitrogens is 2. The van der Waals surface area contributed by atoms with Gasteiger partial charge in [0.05, 0.1) is 0 Å². The molecule has 0 amide bonds. The highest BCUT2D eigenvalue weighted by Crippen LogP contribution is 2.16. The largest absolute Gasteiger partial charge is 0.331 e. The summed E-state index contributed by atoms with van der Waals surface area (Å²) in [7, 11) is 1.99. The molecule has 2 aromatic rings. The molecule has 2 rings (SSSR count). The number of hydrogen-bond donors (Lipinski definition) is 1. The third kappa shape index (κ3) is 1.21. The molecule has 3 heteroatoms. The molecule has 0 aliphatic carbocycles. The van der Waals surface area contributed by atoms with E-state index in [-0.39, 0.29) is 0 Å². The summed E-state index contributed by atoms with van der Waals surface area (Å²) >= 11 is 0. The Morgan fingerprint density at radius 1 is 1.46 bits per heavy atom. The molecular weight excluding hydrogens is 162 g/mol. The maximum absolute atomic E-state index is 5.60. The summed E-state index contributed by atoms with van der Waals surface area (Å²) in [6.07, 6.45) is 1.88. The van der Waals surface area contributed by atoms with E-state index in [1.165, 1.54) is 10.9 Å². The first-order chi connectivity index (χ1) is 6.22. The van der Waals surface area contributed by atoms with E-state index in [4.69, 9.17) is 5.73 Å². The normalized spacial score (nSPS) is 11.0. The van der Waals surface area contributed by atoms with Crippen molar-refractivity contribution in [3.63, 3.8) is 0 Å². The van der Waals surface area contributed by atoms with Crippen LogP contribution in [0.4, 0.5) is 0 Å². The second-order valence-electron chi connectivity index (χ2n) is 3.32. The average Bonchev–Trinajstić information content (AvgIpc) is 2.42. The summed E-state index contributed by atoms with van der Waals surface area (Å²) in [6, 6.07) is 4.22. The van der Waals surface area contributed by atoms with Crippen LogP contribution >= 0.6 is 0 Å². The molecule has 0 fully saturated rings. The van der Waals surface area contributed by atoms with Crippen LogP contribution in [0.1, 0.15) is 11.3 Å². The monoisotopic (exact) mass is 175 g/mol. The first-order valence-corrected chi connectivity index (χ1v) is 4.33. The first kappa shape index (κ1) is 8.26. The molecule has 2 N–H and O–H groups in total. The number of pyridine rings is 1. The topological polar surface area (TPSA) is 43.8 Å². The predicted octanol–water partition coefficient (Wildman–Crippen LogP) is 1.34. The zero-order valence-electron chi connectivity index (χ0n) is 7.91. The third-order valence-electron chi connectivity index (χ3n) is 2.31. The van der Waals surface area contributed by atoms with Gasteiger partial charge >= 0.3 is 0 Å². The van der Waals surface area contributed by atoms with Crippen molar-refractivity contribution in [2.45, 2.75) is 13.5 Å². The minimum Gasteiger partial charge on any atom is -0.331 e. The van der Waals surface area contributed by atoms with E-state index >= 15 is 0 Å². The molecule has 0 saturated carbocycles. The maximum Gasteiger partial charge on any atom is 0.139 e. The smallest absolute Gasteiger partial charge is 0.139 e. The molecule has 0 saturated heterocycles. The molecule has 0 radical (unpaired) electrons. The molecule has 68 valence electrons. The lowest BCUT2D eigenvalue weighted by molar-refractivity contribution is 0.839. The maximum atomic E-state index is 5.60. The van der Waals surface area contributed by atoms with E-state index in [0.717, 1.165) is 11.3 Å². The zero-order chi connectivity index (χ0) is 9.42. The van der Waals surface area contributed by atoms with Crippen molar-refractivity contribution in [3.8, 4) is 0 Å². The fourth-order valence-corrected chi connectivity index (χ4v) is 1.58. The van der Waals surface area contributed by atoms with Crippen LogP contribution in [0, 0.1) is 6.92 Å². The Morgan fingerprint density at radius 2 is 2.23 bits per heavy atom. The summed E-state index contributed by atoms with van der Waals surface area (Å²) in [5.41, 5.74) is 8.91. The molecule has 0 aromatic carbocycles. The summed E-state index contributed by atoms with van der Waals surface area (Å²) in [6.45, 7) is 2.60. The van der Waals surface area contributed by atoms with Crippen molar-refractivity contribution in [3.05, 3.63) is 29.6 Å². The van der Waals surface area contributed by atoms with Gasteiger partial charge < -0.3 is 10.3 Å². The minimum atomic E-state index is 0.561. The minimum absolute atomic E-state index is 0.561. The highest BCUT2D eigenvalue weighted by molar-refractivity contribution is 5.77. The highest BCUT2D eigenvalue weighted by atomic mass is 15.0. The molecule has 0 spiro atoms. The zero-order valence-corrected chi connectivity index (χ0v) is 7.91. The molecule has 0 atom stereocenters. The van der Waals surface area contributed by atoms with E-state index < -0.39 is 0 Å². The van der Waals surface area contributed by atoms with Crippen LogP contribution in [-0.4, -0.2) is 9.55 Å². The van der Waals surface area contributed by atoms with Gasteiger partial charge in [0.1, 0.15) is 5.65 Å². The van der Waals surface area contributed by atoms with Gasteiger partial charge in [0, 0.05) is 30.9 Å². The lowest BCUT2D eigenvalue weighted by Crippen LogP contribution is -2.03. The first-order valence-electron chi connectivity index (χ1n) is 4.33. The SMILES string of the molecule is Cc1cnc2c(c1)cc(CN)n2C. The molecule has 3 nitrogen and oxygen atoms in total. The fraction of sp³-hybridized carbons (Fsp3) is 0.300. The molecule has 0 bridgehead atoms. The molecule has 13 heavy (non-hydrogen) atoms. The van der Waals surface area contributed by atoms with Gasteiger partial charge in [0.2, 0.25) is 0 Å². The standard InChI is InChI=1S/C10H13N3/c1-7-3-8-4-9(5-11)13(2)10(8)12-6-7/h3-4,6H,5,11H2,1-2H3. The molecule has 0 aliphatic rings. The van der Waals surface area contributed by atoms with E-state index in [1.54, 1.807) is 0 Å². The van der Waals surface area contributed by atoms with Crippen LogP contribution in [0.5, 0.6) is 0 Å². The van der Waals surface area contributed by atoms with E-state index in [2.05, 4.69) is 17.1 Å². The Kier molecular flexibility index (Phi) is 1.81. The van der Waals surface area contributed by atoms with Crippen molar-refractivity contribution in [2.24, 2.45) is 12.8 Å². The van der Waals surface area contributed by atoms with Crippen molar-refractivity contribution < 1.29 is 0 Å². The Morgan fingerprint density at radius 3 is 2.92 bits per heavy atom. The Labute approximate surface area is 77.2 Å². The van der Waals surface area contributed by atoms with E-state index in [9.17, 15) is 0 Å². The Balaban J connectivity index is 2.76. The number of nitrogens with two attached hydrogens (primary N) is 1. The van der Waals surface area contributed by atoms with Crippen molar-refractivity contribution >= 4 is 11.0 Å². The lowest BCUT2D eigenvalue weighted by Gasteiger charge is -1.99. The van der Waals surface area contributed by atoms with Gasteiger partial charge in [0.25, 0.3) is 0 Å². The summed E-state index contributed by atoms with van der Waals surface area (Å²) in [4.78, 5) is 4.36. The van der Waals surface area contributed by atoms with Crippen molar-refractivity contribution in [1.29, 1.82) is 0 Å². The van der Waals surface area contributed by atoms with Gasteiger partial charge in [0.15, 0.2) is 0 Å². The molecule has 2 heterocycles. The van der Waals surface area contributed by atoms with Gasteiger partial charge in [-0.1, -0.05) is 0 Å². The second-order valence-corrected chi connectivity index (χ2v) is 3.32. The van der Waals surface area contributed by atoms with Crippen LogP contribution in [0.2, 0.25) is 0 Å². The molecule has 0 unspecified atom stereocenters. The molecule has 0 aliphatic heterocycles. The van der Waals surface area contributed by atoms with Crippen LogP contribution in [0.25, 0.3) is 11.0 Å². The molecule has 2 aromatic heterocycles. The Hall–Kier alpha value is -1.35. The van der Waals surface area contributed by atoms with Gasteiger partial charge in [-0.05, 0) is 24.6 Å². The number of nitrogens with zero attached hydrogens (tertiary/aromatic N) is 2. The second kappa shape index (κ2) is 2.85. The van der Waals surface area contributed by atoms with Gasteiger partial charge in [-0.2, -0.15) is 0 Å². The van der Waals surface area contributed by atoms with E-state index in [0.29, 0.717) is 6.54 Å². The van der Waals surface area contributed by atoms with Crippen LogP contribution in [0.3, 0.4) is 0 Å². The quantitative estimate of drug-likeness (QED) is 0.710. The van der Waals surface area contributed by atoms with Gasteiger partial charge in [-0.15, -0.1) is 0 Å². The molecular formula is C10H13N3. The number of fused-ring (bicyclic) bond motifs is 1. The average molecular weight is 175 g/mol. The van der Waals surface area contributed by atoms with Crippen molar-refractivity contribution in [2.75, 3.05) is 0 Å². The number of hydrogen-bond acceptors (Lipinski definition) is 2. The third-order valence-corrected chi connectivity index (χ3v) is 2.31.